The van der Waals surface area contributed by atoms with Gasteiger partial charge in [-0.1, -0.05) is 0 Å². The van der Waals surface area contributed by atoms with E-state index in [4.69, 9.17) is 5.11 Å². The first-order valence-corrected chi connectivity index (χ1v) is 5.67. The Hall–Kier alpha value is -2.30. The molecule has 0 saturated carbocycles. The summed E-state index contributed by atoms with van der Waals surface area (Å²) in [5, 5.41) is 19.0. The van der Waals surface area contributed by atoms with Gasteiger partial charge in [0.25, 0.3) is 0 Å². The monoisotopic (exact) mass is 245 g/mol. The van der Waals surface area contributed by atoms with Crippen molar-refractivity contribution in [1.29, 1.82) is 0 Å². The van der Waals surface area contributed by atoms with Crippen LogP contribution >= 0.6 is 0 Å². The number of aromatic nitrogens is 2. The maximum Gasteiger partial charge on any atom is 0.335 e. The van der Waals surface area contributed by atoms with Gasteiger partial charge in [0, 0.05) is 11.9 Å². The molecule has 18 heavy (non-hydrogen) atoms. The molecule has 1 unspecified atom stereocenters. The molecule has 0 aliphatic carbocycles. The van der Waals surface area contributed by atoms with E-state index in [9.17, 15) is 4.79 Å². The van der Waals surface area contributed by atoms with Gasteiger partial charge >= 0.3 is 5.97 Å². The summed E-state index contributed by atoms with van der Waals surface area (Å²) in [6.07, 6.45) is 1.70. The van der Waals surface area contributed by atoms with Crippen molar-refractivity contribution in [3.8, 4) is 0 Å². The van der Waals surface area contributed by atoms with Crippen LogP contribution in [0.3, 0.4) is 0 Å². The SMILES string of the molecule is Cc1cc(C(=O)O)ccc1NC(C)c1ccn[nH]1. The van der Waals surface area contributed by atoms with Crippen molar-refractivity contribution in [1.82, 2.24) is 10.2 Å². The van der Waals surface area contributed by atoms with E-state index < -0.39 is 5.97 Å². The van der Waals surface area contributed by atoms with E-state index in [1.165, 1.54) is 0 Å². The van der Waals surface area contributed by atoms with Gasteiger partial charge in [0.15, 0.2) is 0 Å². The van der Waals surface area contributed by atoms with E-state index in [1.54, 1.807) is 24.4 Å². The van der Waals surface area contributed by atoms with Gasteiger partial charge in [-0.25, -0.2) is 4.79 Å². The summed E-state index contributed by atoms with van der Waals surface area (Å²) in [5.74, 6) is -0.911. The van der Waals surface area contributed by atoms with Gasteiger partial charge in [-0.05, 0) is 43.7 Å². The van der Waals surface area contributed by atoms with E-state index in [2.05, 4.69) is 15.5 Å². The molecule has 5 heteroatoms. The lowest BCUT2D eigenvalue weighted by atomic mass is 10.1. The molecule has 0 radical (unpaired) electrons. The van der Waals surface area contributed by atoms with Gasteiger partial charge < -0.3 is 10.4 Å². The van der Waals surface area contributed by atoms with Gasteiger partial charge in [0.05, 0.1) is 17.3 Å². The fraction of sp³-hybridized carbons (Fsp3) is 0.231. The molecule has 3 N–H and O–H groups in total. The third-order valence-electron chi connectivity index (χ3n) is 2.83. The maximum absolute atomic E-state index is 10.8. The molecule has 0 aliphatic heterocycles. The number of nitrogens with zero attached hydrogens (tertiary/aromatic N) is 1. The topological polar surface area (TPSA) is 78.0 Å². The summed E-state index contributed by atoms with van der Waals surface area (Å²) in [5.41, 5.74) is 3.10. The second-order valence-corrected chi connectivity index (χ2v) is 4.21. The number of hydrogen-bond acceptors (Lipinski definition) is 3. The number of aromatic carboxylic acids is 1. The number of carbonyl (C=O) groups is 1. The Morgan fingerprint density at radius 1 is 1.44 bits per heavy atom. The Morgan fingerprint density at radius 2 is 2.22 bits per heavy atom. The Kier molecular flexibility index (Phi) is 3.32. The Labute approximate surface area is 105 Å². The first kappa shape index (κ1) is 12.2. The molecule has 94 valence electrons. The van der Waals surface area contributed by atoms with Crippen molar-refractivity contribution >= 4 is 11.7 Å². The highest BCUT2D eigenvalue weighted by molar-refractivity contribution is 5.88. The molecule has 5 nitrogen and oxygen atoms in total. The number of aryl methyl sites for hydroxylation is 1. The summed E-state index contributed by atoms with van der Waals surface area (Å²) in [6, 6.07) is 7.02. The third-order valence-corrected chi connectivity index (χ3v) is 2.83. The van der Waals surface area contributed by atoms with Crippen LogP contribution in [0.2, 0.25) is 0 Å². The third kappa shape index (κ3) is 2.51. The Balaban J connectivity index is 2.17. The molecule has 1 aromatic heterocycles. The van der Waals surface area contributed by atoms with Crippen molar-refractivity contribution in [2.45, 2.75) is 19.9 Å². The number of benzene rings is 1. The fourth-order valence-corrected chi connectivity index (χ4v) is 1.78. The second kappa shape index (κ2) is 4.91. The minimum atomic E-state index is -0.911. The van der Waals surface area contributed by atoms with Crippen molar-refractivity contribution in [3.05, 3.63) is 47.3 Å². The van der Waals surface area contributed by atoms with Crippen LogP contribution in [-0.2, 0) is 0 Å². The molecule has 2 rings (SSSR count). The minimum absolute atomic E-state index is 0.0851. The van der Waals surface area contributed by atoms with E-state index >= 15 is 0 Å². The molecule has 0 aliphatic rings. The molecular formula is C13H15N3O2. The first-order valence-electron chi connectivity index (χ1n) is 5.67. The van der Waals surface area contributed by atoms with Crippen molar-refractivity contribution in [2.24, 2.45) is 0 Å². The lowest BCUT2D eigenvalue weighted by molar-refractivity contribution is 0.0697. The zero-order valence-electron chi connectivity index (χ0n) is 10.3. The quantitative estimate of drug-likeness (QED) is 0.773. The van der Waals surface area contributed by atoms with Crippen LogP contribution in [0.5, 0.6) is 0 Å². The zero-order chi connectivity index (χ0) is 13.1. The lowest BCUT2D eigenvalue weighted by Gasteiger charge is -2.15. The summed E-state index contributed by atoms with van der Waals surface area (Å²) >= 11 is 0. The molecule has 2 aromatic rings. The standard InChI is InChI=1S/C13H15N3O2/c1-8-7-10(13(17)18)3-4-11(8)15-9(2)12-5-6-14-16-12/h3-7,9,15H,1-2H3,(H,14,16)(H,17,18). The van der Waals surface area contributed by atoms with Crippen molar-refractivity contribution in [3.63, 3.8) is 0 Å². The molecular weight excluding hydrogens is 230 g/mol. The summed E-state index contributed by atoms with van der Waals surface area (Å²) in [7, 11) is 0. The predicted octanol–water partition coefficient (Wildman–Crippen LogP) is 2.59. The van der Waals surface area contributed by atoms with Gasteiger partial charge in [-0.3, -0.25) is 5.10 Å². The van der Waals surface area contributed by atoms with Crippen LogP contribution in [0, 0.1) is 6.92 Å². The number of rotatable bonds is 4. The van der Waals surface area contributed by atoms with Gasteiger partial charge in [-0.2, -0.15) is 5.10 Å². The number of nitrogens with one attached hydrogen (secondary N) is 2. The summed E-state index contributed by atoms with van der Waals surface area (Å²) in [6.45, 7) is 3.90. The number of hydrogen-bond donors (Lipinski definition) is 3. The van der Waals surface area contributed by atoms with E-state index in [1.807, 2.05) is 19.9 Å². The Morgan fingerprint density at radius 3 is 2.78 bits per heavy atom. The van der Waals surface area contributed by atoms with E-state index in [-0.39, 0.29) is 6.04 Å². The molecule has 0 spiro atoms. The maximum atomic E-state index is 10.8. The van der Waals surface area contributed by atoms with Crippen molar-refractivity contribution < 1.29 is 9.90 Å². The second-order valence-electron chi connectivity index (χ2n) is 4.21. The number of carboxylic acids is 1. The summed E-state index contributed by atoms with van der Waals surface area (Å²) < 4.78 is 0. The molecule has 0 fully saturated rings. The highest BCUT2D eigenvalue weighted by atomic mass is 16.4. The average Bonchev–Trinajstić information content (AvgIpc) is 2.85. The van der Waals surface area contributed by atoms with Crippen LogP contribution in [0.25, 0.3) is 0 Å². The molecule has 0 amide bonds. The minimum Gasteiger partial charge on any atom is -0.478 e. The summed E-state index contributed by atoms with van der Waals surface area (Å²) in [4.78, 5) is 10.8. The van der Waals surface area contributed by atoms with E-state index in [0.717, 1.165) is 16.9 Å². The predicted molar refractivity (Wildman–Crippen MR) is 68.8 cm³/mol. The number of H-pyrrole nitrogens is 1. The van der Waals surface area contributed by atoms with Gasteiger partial charge in [0.2, 0.25) is 0 Å². The fourth-order valence-electron chi connectivity index (χ4n) is 1.78. The van der Waals surface area contributed by atoms with Crippen LogP contribution < -0.4 is 5.32 Å². The van der Waals surface area contributed by atoms with Crippen LogP contribution in [-0.4, -0.2) is 21.3 Å². The van der Waals surface area contributed by atoms with Gasteiger partial charge in [0.1, 0.15) is 0 Å². The van der Waals surface area contributed by atoms with Crippen LogP contribution in [0.15, 0.2) is 30.5 Å². The van der Waals surface area contributed by atoms with Crippen molar-refractivity contribution in [2.75, 3.05) is 5.32 Å². The highest BCUT2D eigenvalue weighted by Gasteiger charge is 2.10. The zero-order valence-corrected chi connectivity index (χ0v) is 10.3. The normalized spacial score (nSPS) is 12.1. The molecule has 0 saturated heterocycles. The number of aromatic amines is 1. The molecule has 1 heterocycles. The largest absolute Gasteiger partial charge is 0.478 e. The smallest absolute Gasteiger partial charge is 0.335 e. The van der Waals surface area contributed by atoms with E-state index in [0.29, 0.717) is 5.56 Å². The van der Waals surface area contributed by atoms with Crippen LogP contribution in [0.1, 0.15) is 34.6 Å². The first-order chi connectivity index (χ1) is 8.58. The molecule has 0 bridgehead atoms. The molecule has 1 atom stereocenters. The van der Waals surface area contributed by atoms with Gasteiger partial charge in [-0.15, -0.1) is 0 Å². The Bertz CT molecular complexity index is 549. The molecule has 1 aromatic carbocycles. The lowest BCUT2D eigenvalue weighted by Crippen LogP contribution is -2.09. The average molecular weight is 245 g/mol. The van der Waals surface area contributed by atoms with Crippen LogP contribution in [0.4, 0.5) is 5.69 Å². The number of carboxylic acid groups (broad SMARTS) is 1. The highest BCUT2D eigenvalue weighted by Crippen LogP contribution is 2.21. The number of anilines is 1.